The molecule has 1 aromatic heterocycles. The van der Waals surface area contributed by atoms with Crippen LogP contribution in [0.15, 0.2) is 6.07 Å². The molecular weight excluding hydrogens is 202 g/mol. The van der Waals surface area contributed by atoms with Crippen LogP contribution in [0.25, 0.3) is 0 Å². The Balaban J connectivity index is 2.87. The van der Waals surface area contributed by atoms with Gasteiger partial charge in [-0.05, 0) is 34.1 Å². The molecule has 0 radical (unpaired) electrons. The van der Waals surface area contributed by atoms with Gasteiger partial charge < -0.3 is 10.1 Å². The molecule has 4 heteroatoms. The summed E-state index contributed by atoms with van der Waals surface area (Å²) in [6, 6.07) is 1.84. The van der Waals surface area contributed by atoms with Gasteiger partial charge in [-0.15, -0.1) is 0 Å². The van der Waals surface area contributed by atoms with Gasteiger partial charge in [0, 0.05) is 12.6 Å². The summed E-state index contributed by atoms with van der Waals surface area (Å²) >= 11 is 0. The molecule has 1 aromatic rings. The fourth-order valence-electron chi connectivity index (χ4n) is 1.22. The molecule has 4 nitrogen and oxygen atoms in total. The van der Waals surface area contributed by atoms with E-state index in [9.17, 15) is 0 Å². The van der Waals surface area contributed by atoms with Gasteiger partial charge in [-0.1, -0.05) is 6.92 Å². The van der Waals surface area contributed by atoms with Crippen molar-refractivity contribution in [3.05, 3.63) is 11.9 Å². The van der Waals surface area contributed by atoms with Gasteiger partial charge in [0.05, 0.1) is 0 Å². The standard InChI is InChI=1S/C12H21N3O/c1-6-12(4,5)16-11-8-10(13-7-2)14-9(3)15-11/h8H,6-7H2,1-5H3,(H,13,14,15). The van der Waals surface area contributed by atoms with Crippen LogP contribution in [-0.4, -0.2) is 22.1 Å². The van der Waals surface area contributed by atoms with Crippen molar-refractivity contribution in [2.75, 3.05) is 11.9 Å². The second-order valence-corrected chi connectivity index (χ2v) is 4.38. The van der Waals surface area contributed by atoms with E-state index in [2.05, 4.69) is 36.1 Å². The highest BCUT2D eigenvalue weighted by molar-refractivity contribution is 5.38. The number of hydrogen-bond donors (Lipinski definition) is 1. The van der Waals surface area contributed by atoms with E-state index in [0.29, 0.717) is 5.88 Å². The second kappa shape index (κ2) is 5.14. The molecule has 1 rings (SSSR count). The number of rotatable bonds is 5. The van der Waals surface area contributed by atoms with Crippen LogP contribution in [-0.2, 0) is 0 Å². The second-order valence-electron chi connectivity index (χ2n) is 4.38. The fourth-order valence-corrected chi connectivity index (χ4v) is 1.22. The van der Waals surface area contributed by atoms with Gasteiger partial charge in [0.2, 0.25) is 5.88 Å². The van der Waals surface area contributed by atoms with Gasteiger partial charge in [0.1, 0.15) is 17.2 Å². The molecule has 0 aliphatic carbocycles. The lowest BCUT2D eigenvalue weighted by Gasteiger charge is -2.24. The maximum absolute atomic E-state index is 5.83. The molecule has 0 amide bonds. The minimum atomic E-state index is -0.190. The zero-order valence-electron chi connectivity index (χ0n) is 10.8. The van der Waals surface area contributed by atoms with Gasteiger partial charge >= 0.3 is 0 Å². The van der Waals surface area contributed by atoms with Crippen LogP contribution >= 0.6 is 0 Å². The van der Waals surface area contributed by atoms with Gasteiger partial charge in [-0.2, -0.15) is 4.98 Å². The molecule has 0 aliphatic rings. The Bertz CT molecular complexity index is 350. The summed E-state index contributed by atoms with van der Waals surface area (Å²) in [5, 5.41) is 3.16. The van der Waals surface area contributed by atoms with Crippen molar-refractivity contribution in [3.8, 4) is 5.88 Å². The maximum atomic E-state index is 5.83. The molecule has 0 unspecified atom stereocenters. The molecular formula is C12H21N3O. The summed E-state index contributed by atoms with van der Waals surface area (Å²) in [7, 11) is 0. The summed E-state index contributed by atoms with van der Waals surface area (Å²) in [5.74, 6) is 2.17. The molecule has 16 heavy (non-hydrogen) atoms. The highest BCUT2D eigenvalue weighted by atomic mass is 16.5. The molecule has 0 saturated carbocycles. The van der Waals surface area contributed by atoms with Crippen LogP contribution in [0, 0.1) is 6.92 Å². The predicted molar refractivity (Wildman–Crippen MR) is 65.9 cm³/mol. The van der Waals surface area contributed by atoms with Crippen LogP contribution in [0.4, 0.5) is 5.82 Å². The predicted octanol–water partition coefficient (Wildman–Crippen LogP) is 2.78. The van der Waals surface area contributed by atoms with Crippen LogP contribution in [0.3, 0.4) is 0 Å². The third-order valence-electron chi connectivity index (χ3n) is 2.40. The normalized spacial score (nSPS) is 11.3. The topological polar surface area (TPSA) is 47.0 Å². The van der Waals surface area contributed by atoms with Crippen LogP contribution < -0.4 is 10.1 Å². The fraction of sp³-hybridized carbons (Fsp3) is 0.667. The van der Waals surface area contributed by atoms with Crippen molar-refractivity contribution < 1.29 is 4.74 Å². The van der Waals surface area contributed by atoms with Crippen LogP contribution in [0.2, 0.25) is 0 Å². The smallest absolute Gasteiger partial charge is 0.219 e. The number of ether oxygens (including phenoxy) is 1. The van der Waals surface area contributed by atoms with E-state index >= 15 is 0 Å². The van der Waals surface area contributed by atoms with E-state index in [-0.39, 0.29) is 5.60 Å². The number of nitrogens with zero attached hydrogens (tertiary/aromatic N) is 2. The van der Waals surface area contributed by atoms with Crippen molar-refractivity contribution >= 4 is 5.82 Å². The Morgan fingerprint density at radius 1 is 1.31 bits per heavy atom. The van der Waals surface area contributed by atoms with E-state index in [1.165, 1.54) is 0 Å². The molecule has 0 aromatic carbocycles. The van der Waals surface area contributed by atoms with Crippen molar-refractivity contribution in [2.24, 2.45) is 0 Å². The van der Waals surface area contributed by atoms with Gasteiger partial charge in [-0.25, -0.2) is 4.98 Å². The van der Waals surface area contributed by atoms with Crippen molar-refractivity contribution in [2.45, 2.75) is 46.6 Å². The largest absolute Gasteiger partial charge is 0.472 e. The van der Waals surface area contributed by atoms with Gasteiger partial charge in [-0.3, -0.25) is 0 Å². The van der Waals surface area contributed by atoms with Crippen LogP contribution in [0.1, 0.15) is 39.9 Å². The quantitative estimate of drug-likeness (QED) is 0.833. The lowest BCUT2D eigenvalue weighted by molar-refractivity contribution is 0.0987. The molecule has 0 bridgehead atoms. The Kier molecular flexibility index (Phi) is 4.10. The average Bonchev–Trinajstić information content (AvgIpc) is 2.16. The first-order chi connectivity index (χ1) is 7.46. The van der Waals surface area contributed by atoms with E-state index in [1.807, 2.05) is 19.9 Å². The summed E-state index contributed by atoms with van der Waals surface area (Å²) < 4.78 is 5.83. The Labute approximate surface area is 97.5 Å². The zero-order chi connectivity index (χ0) is 12.2. The molecule has 0 saturated heterocycles. The van der Waals surface area contributed by atoms with E-state index < -0.39 is 0 Å². The third-order valence-corrected chi connectivity index (χ3v) is 2.40. The Hall–Kier alpha value is -1.32. The maximum Gasteiger partial charge on any atom is 0.219 e. The summed E-state index contributed by atoms with van der Waals surface area (Å²) in [6.45, 7) is 10.9. The average molecular weight is 223 g/mol. The molecule has 1 N–H and O–H groups in total. The summed E-state index contributed by atoms with van der Waals surface area (Å²) in [5.41, 5.74) is -0.190. The lowest BCUT2D eigenvalue weighted by Crippen LogP contribution is -2.27. The monoisotopic (exact) mass is 223 g/mol. The molecule has 0 spiro atoms. The SMILES string of the molecule is CCNc1cc(OC(C)(C)CC)nc(C)n1. The van der Waals surface area contributed by atoms with E-state index in [1.54, 1.807) is 0 Å². The van der Waals surface area contributed by atoms with Gasteiger partial charge in [0.25, 0.3) is 0 Å². The Morgan fingerprint density at radius 2 is 2.00 bits per heavy atom. The number of hydrogen-bond acceptors (Lipinski definition) is 4. The minimum Gasteiger partial charge on any atom is -0.472 e. The number of aryl methyl sites for hydroxylation is 1. The Morgan fingerprint density at radius 3 is 2.56 bits per heavy atom. The zero-order valence-corrected chi connectivity index (χ0v) is 10.8. The third kappa shape index (κ3) is 3.68. The summed E-state index contributed by atoms with van der Waals surface area (Å²) in [6.07, 6.45) is 0.937. The molecule has 90 valence electrons. The van der Waals surface area contributed by atoms with E-state index in [0.717, 1.165) is 24.6 Å². The van der Waals surface area contributed by atoms with Crippen molar-refractivity contribution in [1.29, 1.82) is 0 Å². The lowest BCUT2D eigenvalue weighted by atomic mass is 10.1. The molecule has 0 atom stereocenters. The molecule has 0 fully saturated rings. The highest BCUT2D eigenvalue weighted by Crippen LogP contribution is 2.20. The van der Waals surface area contributed by atoms with Gasteiger partial charge in [0.15, 0.2) is 0 Å². The van der Waals surface area contributed by atoms with E-state index in [4.69, 9.17) is 4.74 Å². The van der Waals surface area contributed by atoms with Crippen molar-refractivity contribution in [3.63, 3.8) is 0 Å². The first-order valence-electron chi connectivity index (χ1n) is 5.75. The first-order valence-corrected chi connectivity index (χ1v) is 5.75. The number of nitrogens with one attached hydrogen (secondary N) is 1. The summed E-state index contributed by atoms with van der Waals surface area (Å²) in [4.78, 5) is 8.55. The number of aromatic nitrogens is 2. The number of anilines is 1. The minimum absolute atomic E-state index is 0.190. The molecule has 1 heterocycles. The molecule has 0 aliphatic heterocycles. The van der Waals surface area contributed by atoms with Crippen LogP contribution in [0.5, 0.6) is 5.88 Å². The first kappa shape index (κ1) is 12.7. The van der Waals surface area contributed by atoms with Crippen molar-refractivity contribution in [1.82, 2.24) is 9.97 Å². The highest BCUT2D eigenvalue weighted by Gasteiger charge is 2.18.